The summed E-state index contributed by atoms with van der Waals surface area (Å²) in [5, 5.41) is 21.9. The molecule has 0 aromatic heterocycles. The first-order valence-corrected chi connectivity index (χ1v) is 21.2. The van der Waals surface area contributed by atoms with E-state index in [-0.39, 0.29) is 37.9 Å². The molecule has 0 heterocycles. The van der Waals surface area contributed by atoms with Crippen LogP contribution in [-0.4, -0.2) is 116 Å². The molecule has 68 heavy (non-hydrogen) atoms. The Morgan fingerprint density at radius 2 is 0.882 bits per heavy atom. The fourth-order valence-corrected chi connectivity index (χ4v) is 5.97. The molecule has 22 heteroatoms. The van der Waals surface area contributed by atoms with E-state index in [9.17, 15) is 43.3 Å². The number of unbranched alkanes of at least 4 members (excludes halogenated alkanes) is 2. The quantitative estimate of drug-likeness (QED) is 0.0187. The van der Waals surface area contributed by atoms with Crippen molar-refractivity contribution in [3.8, 4) is 11.5 Å². The summed E-state index contributed by atoms with van der Waals surface area (Å²) in [6.07, 6.45) is 0.784. The number of esters is 8. The van der Waals surface area contributed by atoms with Crippen molar-refractivity contribution in [1.29, 1.82) is 0 Å². The highest BCUT2D eigenvalue weighted by Crippen LogP contribution is 2.28. The molecule has 0 radical (unpaired) electrons. The smallest absolute Gasteiger partial charge is 0.349 e. The van der Waals surface area contributed by atoms with Crippen LogP contribution in [0.25, 0.3) is 21.5 Å². The van der Waals surface area contributed by atoms with Crippen LogP contribution in [-0.2, 0) is 71.6 Å². The predicted octanol–water partition coefficient (Wildman–Crippen LogP) is 5.09. The summed E-state index contributed by atoms with van der Waals surface area (Å²) < 4.78 is 40.5. The normalized spacial score (nSPS) is 11.8. The van der Waals surface area contributed by atoms with Gasteiger partial charge in [-0.05, 0) is 96.5 Å². The first-order valence-electron chi connectivity index (χ1n) is 21.2. The van der Waals surface area contributed by atoms with Gasteiger partial charge in [0.2, 0.25) is 0 Å². The molecule has 4 aromatic rings. The monoisotopic (exact) mass is 950 g/mol. The van der Waals surface area contributed by atoms with Crippen molar-refractivity contribution in [2.45, 2.75) is 64.2 Å². The summed E-state index contributed by atoms with van der Waals surface area (Å²) in [5.74, 6) is -7.53. The van der Waals surface area contributed by atoms with Crippen molar-refractivity contribution in [1.82, 2.24) is 5.39 Å². The van der Waals surface area contributed by atoms with Crippen molar-refractivity contribution in [2.24, 2.45) is 5.18 Å². The zero-order valence-corrected chi connectivity index (χ0v) is 37.1. The van der Waals surface area contributed by atoms with Crippen LogP contribution in [0.2, 0.25) is 0 Å². The molecule has 0 spiro atoms. The van der Waals surface area contributed by atoms with Crippen LogP contribution in [0.3, 0.4) is 0 Å². The number of rotatable bonds is 28. The summed E-state index contributed by atoms with van der Waals surface area (Å²) in [7, 11) is 0. The molecular formula is C46H50N2O20. The summed E-state index contributed by atoms with van der Waals surface area (Å²) in [6, 6.07) is 19.6. The van der Waals surface area contributed by atoms with Gasteiger partial charge in [-0.3, -0.25) is 34.4 Å². The van der Waals surface area contributed by atoms with Gasteiger partial charge in [-0.15, -0.1) is 0 Å². The van der Waals surface area contributed by atoms with Crippen LogP contribution in [0.1, 0.15) is 75.3 Å². The number of nitrogens with zero attached hydrogens (tertiary/aromatic N) is 2. The maximum atomic E-state index is 12.6. The maximum absolute atomic E-state index is 12.6. The zero-order valence-electron chi connectivity index (χ0n) is 37.1. The van der Waals surface area contributed by atoms with Crippen LogP contribution in [0.5, 0.6) is 11.5 Å². The molecule has 22 nitrogen and oxygen atoms in total. The van der Waals surface area contributed by atoms with Crippen LogP contribution in [0, 0.1) is 4.91 Å². The van der Waals surface area contributed by atoms with Gasteiger partial charge >= 0.3 is 47.8 Å². The van der Waals surface area contributed by atoms with Gasteiger partial charge < -0.3 is 37.9 Å². The number of hydrogen-bond acceptors (Lipinski definition) is 22. The van der Waals surface area contributed by atoms with Crippen molar-refractivity contribution in [3.05, 3.63) is 88.8 Å². The van der Waals surface area contributed by atoms with Gasteiger partial charge in [0.05, 0.1) is 56.4 Å². The van der Waals surface area contributed by atoms with Crippen molar-refractivity contribution >= 4 is 69.3 Å². The van der Waals surface area contributed by atoms with Gasteiger partial charge in [-0.1, -0.05) is 53.7 Å². The first-order chi connectivity index (χ1) is 32.6. The largest absolute Gasteiger partial charge is 0.463 e. The molecule has 4 rings (SSSR count). The van der Waals surface area contributed by atoms with Gasteiger partial charge in [0, 0.05) is 0 Å². The third kappa shape index (κ3) is 18.8. The molecule has 0 amide bonds. The molecular weight excluding hydrogens is 900 g/mol. The molecule has 0 saturated heterocycles. The fraction of sp³-hybridized carbons (Fsp3) is 0.391. The Hall–Kier alpha value is -7.40. The first kappa shape index (κ1) is 53.2. The van der Waals surface area contributed by atoms with E-state index in [1.54, 1.807) is 74.5 Å². The minimum Gasteiger partial charge on any atom is -0.463 e. The summed E-state index contributed by atoms with van der Waals surface area (Å²) in [5.41, 5.74) is 1.19. The zero-order chi connectivity index (χ0) is 49.4. The second-order valence-corrected chi connectivity index (χ2v) is 14.8. The van der Waals surface area contributed by atoms with E-state index < -0.39 is 104 Å². The number of hydrogen-bond donors (Lipinski definition) is 2. The van der Waals surface area contributed by atoms with Gasteiger partial charge in [-0.2, -0.15) is 4.91 Å². The molecule has 2 unspecified atom stereocenters. The lowest BCUT2D eigenvalue weighted by molar-refractivity contribution is -0.492. The van der Waals surface area contributed by atoms with Crippen LogP contribution >= 0.6 is 0 Å². The number of carbonyl (C=O) groups excluding carboxylic acids is 8. The van der Waals surface area contributed by atoms with E-state index in [2.05, 4.69) is 10.0 Å². The molecule has 0 fully saturated rings. The summed E-state index contributed by atoms with van der Waals surface area (Å²) in [4.78, 5) is 113. The number of benzene rings is 4. The lowest BCUT2D eigenvalue weighted by Gasteiger charge is -2.13. The van der Waals surface area contributed by atoms with Crippen molar-refractivity contribution in [2.75, 3.05) is 52.8 Å². The van der Waals surface area contributed by atoms with Gasteiger partial charge in [-0.25, -0.2) is 19.2 Å². The molecule has 0 saturated carbocycles. The second kappa shape index (κ2) is 27.9. The molecule has 2 atom stereocenters. The molecule has 0 bridgehead atoms. The van der Waals surface area contributed by atoms with Crippen LogP contribution < -0.4 is 9.47 Å². The van der Waals surface area contributed by atoms with Crippen LogP contribution in [0.15, 0.2) is 78.0 Å². The average molecular weight is 951 g/mol. The van der Waals surface area contributed by atoms with Gasteiger partial charge in [0.1, 0.15) is 11.5 Å². The Morgan fingerprint density at radius 1 is 0.485 bits per heavy atom. The highest BCUT2D eigenvalue weighted by Gasteiger charge is 2.21. The fourth-order valence-electron chi connectivity index (χ4n) is 5.97. The van der Waals surface area contributed by atoms with E-state index in [0.29, 0.717) is 58.4 Å². The number of carbonyl (C=O) groups is 8. The molecule has 0 aliphatic heterocycles. The van der Waals surface area contributed by atoms with Gasteiger partial charge in [0.25, 0.3) is 0 Å². The topological polar surface area (TPSA) is 293 Å². The summed E-state index contributed by atoms with van der Waals surface area (Å²) >= 11 is 0. The molecule has 0 aliphatic carbocycles. The van der Waals surface area contributed by atoms with E-state index in [4.69, 9.17) is 48.3 Å². The lowest BCUT2D eigenvalue weighted by atomic mass is 9.98. The molecule has 0 aliphatic rings. The second-order valence-electron chi connectivity index (χ2n) is 14.8. The minimum atomic E-state index is -0.901. The van der Waals surface area contributed by atoms with Gasteiger partial charge in [0.15, 0.2) is 26.4 Å². The average Bonchev–Trinajstić information content (AvgIpc) is 3.32. The van der Waals surface area contributed by atoms with E-state index in [1.165, 1.54) is 12.1 Å². The highest BCUT2D eigenvalue weighted by atomic mass is 17.1. The Labute approximate surface area is 388 Å². The van der Waals surface area contributed by atoms with E-state index >= 15 is 0 Å². The Bertz CT molecular complexity index is 2420. The highest BCUT2D eigenvalue weighted by molar-refractivity contribution is 5.90. The van der Waals surface area contributed by atoms with E-state index in [0.717, 1.165) is 0 Å². The standard InChI is InChI=1S/C46H50N2O20/c1-29(45(55)64-25-41(51)60-18-4-3-17-47-57)31-7-9-35-23-37(13-11-33(35)21-31)67-43(53)27-62-39(49)15-16-40(50)63-28-44(54)68-38-14-12-34-22-32(8-10-36(34)24-38)30(2)46(56)65-26-42(52)61-19-5-6-20-66-48(58)59/h7-14,21-24,29-30,58-59H,3-6,15-20,25-28H2,1-2H3. The maximum Gasteiger partial charge on any atom is 0.349 e. The SMILES string of the molecule is CC(C(=O)OCC(=O)OCCCCN=O)c1ccc2cc(OC(=O)COC(=O)CCC(=O)OCC(=O)Oc3ccc4cc(C(C)C(=O)OCC(=O)OCCCCON(O)O)ccc4c3)ccc2c1. The number of ether oxygens (including phenoxy) is 8. The Balaban J connectivity index is 1.11. The molecule has 364 valence electrons. The molecule has 4 aromatic carbocycles. The lowest BCUT2D eigenvalue weighted by Crippen LogP contribution is -2.21. The minimum absolute atomic E-state index is 0.00567. The number of fused-ring (bicyclic) bond motifs is 2. The molecule has 2 N–H and O–H groups in total. The number of nitroso groups, excluding NO2 is 1. The van der Waals surface area contributed by atoms with E-state index in [1.807, 2.05) is 0 Å². The summed E-state index contributed by atoms with van der Waals surface area (Å²) in [6.45, 7) is 0.781. The predicted molar refractivity (Wildman–Crippen MR) is 231 cm³/mol. The third-order valence-electron chi connectivity index (χ3n) is 9.66. The van der Waals surface area contributed by atoms with Crippen LogP contribution in [0.4, 0.5) is 0 Å². The Morgan fingerprint density at radius 3 is 1.32 bits per heavy atom. The van der Waals surface area contributed by atoms with Crippen molar-refractivity contribution in [3.63, 3.8) is 0 Å². The third-order valence-corrected chi connectivity index (χ3v) is 9.66. The Kier molecular flexibility index (Phi) is 21.9. The van der Waals surface area contributed by atoms with Crippen molar-refractivity contribution < 1.29 is 91.5 Å².